The van der Waals surface area contributed by atoms with Crippen molar-refractivity contribution in [3.8, 4) is 0 Å². The van der Waals surface area contributed by atoms with E-state index in [1.54, 1.807) is 0 Å². The first-order chi connectivity index (χ1) is 11.1. The summed E-state index contributed by atoms with van der Waals surface area (Å²) in [6.45, 7) is 0.548. The summed E-state index contributed by atoms with van der Waals surface area (Å²) >= 11 is -1.19. The second-order valence-electron chi connectivity index (χ2n) is 5.30. The second-order valence-corrected chi connectivity index (χ2v) is 8.37. The van der Waals surface area contributed by atoms with Gasteiger partial charge in [-0.25, -0.2) is 0 Å². The van der Waals surface area contributed by atoms with Gasteiger partial charge in [-0.05, 0) is 0 Å². The molecule has 2 aromatic carbocycles. The van der Waals surface area contributed by atoms with Crippen molar-refractivity contribution < 1.29 is 16.2 Å². The molecule has 0 N–H and O–H groups in total. The first-order valence-electron chi connectivity index (χ1n) is 7.57. The van der Waals surface area contributed by atoms with E-state index >= 15 is 0 Å². The van der Waals surface area contributed by atoms with Crippen LogP contribution in [0.5, 0.6) is 0 Å². The number of hydrogen-bond donors (Lipinski definition) is 0. The van der Waals surface area contributed by atoms with Gasteiger partial charge in [0.15, 0.2) is 0 Å². The van der Waals surface area contributed by atoms with Crippen LogP contribution in [-0.2, 0) is 3.07 Å². The maximum absolute atomic E-state index is 12.1. The van der Waals surface area contributed by atoms with Gasteiger partial charge in [0.2, 0.25) is 0 Å². The molecule has 0 aliphatic rings. The molecule has 1 nitrogen and oxygen atoms in total. The standard InChI is InChI=1S/C14H13O.C4H6F3.Sn/c15-11-14(12-7-3-1-4-8-12)13-9-5-2-6-10-13;1-2-3-4(5,6)7;/h1-10,14H,11H2;1-3H2;/q-1;;+1. The molecule has 0 bridgehead atoms. The quantitative estimate of drug-likeness (QED) is 0.415. The average Bonchev–Trinajstić information content (AvgIpc) is 2.55. The van der Waals surface area contributed by atoms with E-state index in [1.165, 1.54) is 11.1 Å². The van der Waals surface area contributed by atoms with Crippen LogP contribution in [0.1, 0.15) is 29.9 Å². The Morgan fingerprint density at radius 2 is 1.39 bits per heavy atom. The van der Waals surface area contributed by atoms with Crippen LogP contribution in [0.4, 0.5) is 13.2 Å². The van der Waals surface area contributed by atoms with Gasteiger partial charge in [0.05, 0.1) is 0 Å². The first kappa shape index (κ1) is 18.3. The number of alkyl halides is 3. The fourth-order valence-corrected chi connectivity index (χ4v) is 4.47. The van der Waals surface area contributed by atoms with Crippen molar-refractivity contribution in [1.82, 2.24) is 0 Å². The average molecular weight is 427 g/mol. The third-order valence-electron chi connectivity index (χ3n) is 3.50. The van der Waals surface area contributed by atoms with Crippen LogP contribution in [0, 0.1) is 0 Å². The predicted molar refractivity (Wildman–Crippen MR) is 86.5 cm³/mol. The Labute approximate surface area is 145 Å². The van der Waals surface area contributed by atoms with Gasteiger partial charge in [0.1, 0.15) is 0 Å². The molecule has 0 aliphatic heterocycles. The zero-order valence-corrected chi connectivity index (χ0v) is 15.6. The molecule has 0 saturated heterocycles. The molecule has 0 aromatic heterocycles. The third kappa shape index (κ3) is 6.95. The van der Waals surface area contributed by atoms with Gasteiger partial charge in [-0.3, -0.25) is 0 Å². The molecule has 0 heterocycles. The van der Waals surface area contributed by atoms with Crippen LogP contribution in [0.3, 0.4) is 0 Å². The number of rotatable bonds is 8. The van der Waals surface area contributed by atoms with E-state index in [1.807, 2.05) is 36.4 Å². The van der Waals surface area contributed by atoms with Gasteiger partial charge in [-0.15, -0.1) is 0 Å². The van der Waals surface area contributed by atoms with Crippen molar-refractivity contribution in [2.24, 2.45) is 0 Å². The Hall–Kier alpha value is -1.01. The van der Waals surface area contributed by atoms with Gasteiger partial charge in [-0.2, -0.15) is 0 Å². The van der Waals surface area contributed by atoms with Crippen LogP contribution < -0.4 is 0 Å². The minimum absolute atomic E-state index is 0.140. The van der Waals surface area contributed by atoms with Crippen LogP contribution in [0.2, 0.25) is 4.44 Å². The molecule has 0 aliphatic carbocycles. The molecular formula is C18H19F3OSn. The number of halogens is 3. The molecule has 0 saturated carbocycles. The molecule has 5 heteroatoms. The van der Waals surface area contributed by atoms with Gasteiger partial charge in [0, 0.05) is 0 Å². The molecule has 23 heavy (non-hydrogen) atoms. The maximum atomic E-state index is 12.1. The van der Waals surface area contributed by atoms with Crippen molar-refractivity contribution in [2.75, 3.05) is 6.61 Å². The van der Waals surface area contributed by atoms with E-state index in [9.17, 15) is 13.2 Å². The van der Waals surface area contributed by atoms with E-state index < -0.39 is 34.2 Å². The van der Waals surface area contributed by atoms with E-state index in [0.717, 1.165) is 0 Å². The Bertz CT molecular complexity index is 518. The summed E-state index contributed by atoms with van der Waals surface area (Å²) in [4.78, 5) is 0. The van der Waals surface area contributed by atoms with Crippen molar-refractivity contribution in [1.29, 1.82) is 0 Å². The fourth-order valence-electron chi connectivity index (χ4n) is 2.33. The van der Waals surface area contributed by atoms with E-state index in [-0.39, 0.29) is 12.3 Å². The molecule has 2 rings (SSSR count). The van der Waals surface area contributed by atoms with E-state index in [4.69, 9.17) is 3.07 Å². The topological polar surface area (TPSA) is 9.23 Å². The second kappa shape index (κ2) is 9.32. The van der Waals surface area contributed by atoms with E-state index in [0.29, 0.717) is 11.0 Å². The molecular weight excluding hydrogens is 408 g/mol. The van der Waals surface area contributed by atoms with Gasteiger partial charge >= 0.3 is 146 Å². The SMILES string of the molecule is FC(F)(F)CC[CH2][Sn][O]CC(c1ccccc1)c1ccccc1. The summed E-state index contributed by atoms with van der Waals surface area (Å²) in [6, 6.07) is 20.2. The fraction of sp³-hybridized carbons (Fsp3) is 0.333. The predicted octanol–water partition coefficient (Wildman–Crippen LogP) is 5.22. The Balaban J connectivity index is 1.87. The van der Waals surface area contributed by atoms with Crippen LogP contribution >= 0.6 is 0 Å². The number of benzene rings is 2. The number of hydrogen-bond acceptors (Lipinski definition) is 1. The van der Waals surface area contributed by atoms with Crippen LogP contribution in [0.15, 0.2) is 60.7 Å². The normalized spacial score (nSPS) is 11.8. The Morgan fingerprint density at radius 1 is 0.870 bits per heavy atom. The zero-order chi connectivity index (χ0) is 16.5. The van der Waals surface area contributed by atoms with Crippen molar-refractivity contribution in [2.45, 2.75) is 29.4 Å². The molecule has 0 spiro atoms. The molecule has 0 atom stereocenters. The Morgan fingerprint density at radius 3 is 1.87 bits per heavy atom. The first-order valence-corrected chi connectivity index (χ1v) is 10.8. The summed E-state index contributed by atoms with van der Waals surface area (Å²) < 4.78 is 42.8. The molecule has 2 radical (unpaired) electrons. The van der Waals surface area contributed by atoms with Crippen LogP contribution in [0.25, 0.3) is 0 Å². The molecule has 0 amide bonds. The summed E-state index contributed by atoms with van der Waals surface area (Å²) in [5, 5.41) is 0. The van der Waals surface area contributed by atoms with Crippen molar-refractivity contribution in [3.05, 3.63) is 71.8 Å². The Kier molecular flexibility index (Phi) is 7.43. The van der Waals surface area contributed by atoms with Gasteiger partial charge in [-0.1, -0.05) is 0 Å². The zero-order valence-electron chi connectivity index (χ0n) is 12.7. The van der Waals surface area contributed by atoms with Gasteiger partial charge < -0.3 is 0 Å². The van der Waals surface area contributed by atoms with E-state index in [2.05, 4.69) is 24.3 Å². The monoisotopic (exact) mass is 428 g/mol. The molecule has 2 aromatic rings. The summed E-state index contributed by atoms with van der Waals surface area (Å²) in [5.41, 5.74) is 2.35. The summed E-state index contributed by atoms with van der Waals surface area (Å²) in [7, 11) is 0. The molecule has 0 unspecified atom stereocenters. The summed E-state index contributed by atoms with van der Waals surface area (Å²) in [5.74, 6) is 0.140. The van der Waals surface area contributed by atoms with Crippen molar-refractivity contribution in [3.63, 3.8) is 0 Å². The van der Waals surface area contributed by atoms with Crippen molar-refractivity contribution >= 4 is 21.6 Å². The molecule has 122 valence electrons. The third-order valence-corrected chi connectivity index (χ3v) is 6.14. The molecule has 0 fully saturated rings. The van der Waals surface area contributed by atoms with Crippen LogP contribution in [-0.4, -0.2) is 34.3 Å². The summed E-state index contributed by atoms with van der Waals surface area (Å²) in [6.07, 6.45) is -4.55. The minimum atomic E-state index is -4.05. The van der Waals surface area contributed by atoms with Gasteiger partial charge in [0.25, 0.3) is 0 Å².